The van der Waals surface area contributed by atoms with Crippen molar-refractivity contribution in [1.29, 1.82) is 0 Å². The van der Waals surface area contributed by atoms with Crippen LogP contribution in [-0.2, 0) is 10.0 Å². The van der Waals surface area contributed by atoms with Crippen molar-refractivity contribution in [2.45, 2.75) is 25.7 Å². The van der Waals surface area contributed by atoms with Crippen LogP contribution in [0.25, 0.3) is 11.3 Å². The Hall–Kier alpha value is -2.62. The fourth-order valence-corrected chi connectivity index (χ4v) is 5.28. The average Bonchev–Trinajstić information content (AvgIpc) is 3.17. The predicted molar refractivity (Wildman–Crippen MR) is 117 cm³/mol. The maximum absolute atomic E-state index is 14.3. The number of rotatable bonds is 7. The highest BCUT2D eigenvalue weighted by molar-refractivity contribution is 7.89. The summed E-state index contributed by atoms with van der Waals surface area (Å²) in [5, 5.41) is 4.86. The van der Waals surface area contributed by atoms with E-state index in [-0.39, 0.29) is 18.7 Å². The van der Waals surface area contributed by atoms with Gasteiger partial charge in [0.25, 0.3) is 5.91 Å². The summed E-state index contributed by atoms with van der Waals surface area (Å²) in [4.78, 5) is 16.6. The molecular weight excluding hydrogens is 425 g/mol. The molecule has 0 aliphatic rings. The van der Waals surface area contributed by atoms with Crippen molar-refractivity contribution in [3.05, 3.63) is 64.8 Å². The van der Waals surface area contributed by atoms with Crippen LogP contribution in [-0.4, -0.2) is 36.7 Å². The van der Waals surface area contributed by atoms with E-state index >= 15 is 0 Å². The minimum absolute atomic E-state index is 0.0368. The van der Waals surface area contributed by atoms with Crippen molar-refractivity contribution < 1.29 is 17.6 Å². The second-order valence-corrected chi connectivity index (χ2v) is 9.31. The van der Waals surface area contributed by atoms with Gasteiger partial charge >= 0.3 is 0 Å². The first kappa shape index (κ1) is 22.1. The average molecular weight is 448 g/mol. The lowest BCUT2D eigenvalue weighted by molar-refractivity contribution is 0.102. The van der Waals surface area contributed by atoms with Crippen LogP contribution in [0.15, 0.2) is 52.7 Å². The van der Waals surface area contributed by atoms with Gasteiger partial charge in [0, 0.05) is 29.6 Å². The molecular formula is C21H22FN3O3S2. The van der Waals surface area contributed by atoms with Crippen LogP contribution < -0.4 is 5.32 Å². The number of anilines is 1. The number of nitrogens with one attached hydrogen (secondary N) is 1. The number of benzene rings is 2. The quantitative estimate of drug-likeness (QED) is 0.577. The Bertz CT molecular complexity index is 1170. The highest BCUT2D eigenvalue weighted by Gasteiger charge is 2.26. The zero-order chi connectivity index (χ0) is 21.9. The van der Waals surface area contributed by atoms with Crippen LogP contribution in [0, 0.1) is 12.7 Å². The fraction of sp³-hybridized carbons (Fsp3) is 0.238. The third-order valence-electron chi connectivity index (χ3n) is 4.66. The van der Waals surface area contributed by atoms with Gasteiger partial charge in [-0.3, -0.25) is 10.1 Å². The molecule has 2 aromatic carbocycles. The molecule has 9 heteroatoms. The molecule has 0 fully saturated rings. The smallest absolute Gasteiger partial charge is 0.257 e. The Balaban J connectivity index is 1.86. The van der Waals surface area contributed by atoms with Crippen LogP contribution in [0.4, 0.5) is 9.52 Å². The summed E-state index contributed by atoms with van der Waals surface area (Å²) >= 11 is 1.26. The summed E-state index contributed by atoms with van der Waals surface area (Å²) in [7, 11) is -4.03. The summed E-state index contributed by atoms with van der Waals surface area (Å²) < 4.78 is 40.8. The molecule has 0 aliphatic heterocycles. The number of amides is 1. The van der Waals surface area contributed by atoms with Gasteiger partial charge in [0.15, 0.2) is 5.13 Å². The lowest BCUT2D eigenvalue weighted by Gasteiger charge is -2.19. The van der Waals surface area contributed by atoms with Gasteiger partial charge in [-0.15, -0.1) is 11.3 Å². The highest BCUT2D eigenvalue weighted by atomic mass is 32.2. The first-order chi connectivity index (χ1) is 14.3. The van der Waals surface area contributed by atoms with Crippen molar-refractivity contribution in [3.63, 3.8) is 0 Å². The van der Waals surface area contributed by atoms with Crippen molar-refractivity contribution in [1.82, 2.24) is 9.29 Å². The number of hydrogen-bond donors (Lipinski definition) is 1. The van der Waals surface area contributed by atoms with Crippen LogP contribution in [0.3, 0.4) is 0 Å². The molecule has 30 heavy (non-hydrogen) atoms. The molecule has 3 aromatic rings. The first-order valence-corrected chi connectivity index (χ1v) is 11.7. The van der Waals surface area contributed by atoms with E-state index in [0.29, 0.717) is 5.13 Å². The lowest BCUT2D eigenvalue weighted by atomic mass is 10.1. The van der Waals surface area contributed by atoms with E-state index in [1.54, 1.807) is 13.8 Å². The van der Waals surface area contributed by atoms with Gasteiger partial charge in [-0.2, -0.15) is 4.31 Å². The number of hydrogen-bond acceptors (Lipinski definition) is 5. The Morgan fingerprint density at radius 3 is 2.53 bits per heavy atom. The van der Waals surface area contributed by atoms with E-state index in [2.05, 4.69) is 10.3 Å². The highest BCUT2D eigenvalue weighted by Crippen LogP contribution is 2.28. The Morgan fingerprint density at radius 2 is 1.87 bits per heavy atom. The number of aromatic nitrogens is 1. The molecule has 1 aromatic heterocycles. The van der Waals surface area contributed by atoms with Gasteiger partial charge < -0.3 is 0 Å². The second-order valence-electron chi connectivity index (χ2n) is 6.54. The summed E-state index contributed by atoms with van der Waals surface area (Å²) in [6, 6.07) is 11.1. The van der Waals surface area contributed by atoms with Gasteiger partial charge in [-0.25, -0.2) is 17.8 Å². The molecule has 158 valence electrons. The van der Waals surface area contributed by atoms with Gasteiger partial charge in [0.2, 0.25) is 10.0 Å². The number of aryl methyl sites for hydroxylation is 1. The standard InChI is InChI=1S/C21H22FN3O3S2/c1-4-25(5-2)30(27,28)19-12-15(10-11-17(19)22)20(26)24-21-23-18(13-29-21)16-9-7-6-8-14(16)3/h6-13H,4-5H2,1-3H3,(H,23,24,26). The number of carbonyl (C=O) groups excluding carboxylic acids is 1. The van der Waals surface area contributed by atoms with E-state index in [1.165, 1.54) is 17.4 Å². The van der Waals surface area contributed by atoms with Gasteiger partial charge in [0.1, 0.15) is 10.7 Å². The number of nitrogens with zero attached hydrogens (tertiary/aromatic N) is 2. The van der Waals surface area contributed by atoms with Crippen LogP contribution in [0.5, 0.6) is 0 Å². The number of carbonyl (C=O) groups is 1. The van der Waals surface area contributed by atoms with Crippen LogP contribution in [0.2, 0.25) is 0 Å². The Labute approximate surface area is 179 Å². The van der Waals surface area contributed by atoms with Crippen molar-refractivity contribution >= 4 is 32.4 Å². The molecule has 3 rings (SSSR count). The molecule has 0 saturated heterocycles. The largest absolute Gasteiger partial charge is 0.298 e. The normalized spacial score (nSPS) is 11.6. The van der Waals surface area contributed by atoms with E-state index in [0.717, 1.165) is 33.3 Å². The molecule has 0 radical (unpaired) electrons. The molecule has 0 unspecified atom stereocenters. The number of halogens is 1. The Kier molecular flexibility index (Phi) is 6.64. The minimum atomic E-state index is -4.03. The van der Waals surface area contributed by atoms with Crippen molar-refractivity contribution in [2.75, 3.05) is 18.4 Å². The molecule has 0 atom stereocenters. The van der Waals surface area contributed by atoms with Gasteiger partial charge in [-0.05, 0) is 30.7 Å². The van der Waals surface area contributed by atoms with E-state index in [9.17, 15) is 17.6 Å². The maximum atomic E-state index is 14.3. The molecule has 0 aliphatic carbocycles. The summed E-state index contributed by atoms with van der Waals surface area (Å²) in [5.74, 6) is -1.45. The molecule has 0 saturated carbocycles. The SMILES string of the molecule is CCN(CC)S(=O)(=O)c1cc(C(=O)Nc2nc(-c3ccccc3C)cs2)ccc1F. The van der Waals surface area contributed by atoms with Crippen molar-refractivity contribution in [2.24, 2.45) is 0 Å². The number of sulfonamides is 1. The van der Waals surface area contributed by atoms with Crippen LogP contribution in [0.1, 0.15) is 29.8 Å². The topological polar surface area (TPSA) is 79.4 Å². The van der Waals surface area contributed by atoms with E-state index < -0.39 is 26.6 Å². The summed E-state index contributed by atoms with van der Waals surface area (Å²) in [6.07, 6.45) is 0. The molecule has 6 nitrogen and oxygen atoms in total. The fourth-order valence-electron chi connectivity index (χ4n) is 3.03. The molecule has 1 N–H and O–H groups in total. The zero-order valence-electron chi connectivity index (χ0n) is 16.8. The maximum Gasteiger partial charge on any atom is 0.257 e. The molecule has 1 heterocycles. The summed E-state index contributed by atoms with van der Waals surface area (Å²) in [6.45, 7) is 5.72. The van der Waals surface area contributed by atoms with Crippen molar-refractivity contribution in [3.8, 4) is 11.3 Å². The van der Waals surface area contributed by atoms with Gasteiger partial charge in [0.05, 0.1) is 5.69 Å². The first-order valence-electron chi connectivity index (χ1n) is 9.40. The van der Waals surface area contributed by atoms with Gasteiger partial charge in [-0.1, -0.05) is 38.1 Å². The van der Waals surface area contributed by atoms with Crippen LogP contribution >= 0.6 is 11.3 Å². The minimum Gasteiger partial charge on any atom is -0.298 e. The Morgan fingerprint density at radius 1 is 1.17 bits per heavy atom. The third kappa shape index (κ3) is 4.43. The zero-order valence-corrected chi connectivity index (χ0v) is 18.5. The van der Waals surface area contributed by atoms with E-state index in [1.807, 2.05) is 36.6 Å². The molecule has 0 spiro atoms. The third-order valence-corrected chi connectivity index (χ3v) is 7.48. The monoisotopic (exact) mass is 447 g/mol. The van der Waals surface area contributed by atoms with E-state index in [4.69, 9.17) is 0 Å². The molecule has 0 bridgehead atoms. The molecule has 1 amide bonds. The second kappa shape index (κ2) is 9.03. The lowest BCUT2D eigenvalue weighted by Crippen LogP contribution is -2.31. The number of thiazole rings is 1. The predicted octanol–water partition coefficient (Wildman–Crippen LogP) is 4.54. The summed E-state index contributed by atoms with van der Waals surface area (Å²) in [5.41, 5.74) is 2.79.